The molecule has 2 fully saturated rings. The molecule has 5 heteroatoms. The Morgan fingerprint density at radius 2 is 2.08 bits per heavy atom. The minimum atomic E-state index is 0.106. The number of carbonyl (C=O) groups excluding carboxylic acids is 1. The molecule has 1 aromatic heterocycles. The van der Waals surface area contributed by atoms with Gasteiger partial charge in [-0.1, -0.05) is 42.4 Å². The fourth-order valence-corrected chi connectivity index (χ4v) is 3.44. The smallest absolute Gasteiger partial charge is 0.226 e. The van der Waals surface area contributed by atoms with Gasteiger partial charge in [0.2, 0.25) is 11.8 Å². The zero-order valence-electron chi connectivity index (χ0n) is 14.6. The summed E-state index contributed by atoms with van der Waals surface area (Å²) in [6.07, 6.45) is 5.42. The Balaban J connectivity index is 1.28. The number of benzene rings is 1. The minimum Gasteiger partial charge on any atom is -0.349 e. The highest BCUT2D eigenvalue weighted by atomic mass is 16.5. The van der Waals surface area contributed by atoms with Crippen LogP contribution in [0, 0.1) is 11.8 Å². The second-order valence-corrected chi connectivity index (χ2v) is 7.51. The molecule has 1 aromatic carbocycles. The molecule has 1 N–H and O–H groups in total. The van der Waals surface area contributed by atoms with Crippen molar-refractivity contribution < 1.29 is 9.32 Å². The number of amides is 1. The van der Waals surface area contributed by atoms with E-state index in [0.717, 1.165) is 12.2 Å². The first-order valence-corrected chi connectivity index (χ1v) is 9.37. The first-order valence-electron chi connectivity index (χ1n) is 9.37. The molecule has 0 saturated heterocycles. The van der Waals surface area contributed by atoms with Crippen LogP contribution in [0.1, 0.15) is 68.3 Å². The summed E-state index contributed by atoms with van der Waals surface area (Å²) in [6.45, 7) is 2.25. The van der Waals surface area contributed by atoms with Gasteiger partial charge < -0.3 is 9.84 Å². The summed E-state index contributed by atoms with van der Waals surface area (Å²) in [5.41, 5.74) is 1.20. The number of hydrogen-bond acceptors (Lipinski definition) is 4. The molecular weight excluding hydrogens is 314 g/mol. The molecule has 25 heavy (non-hydrogen) atoms. The molecule has 0 unspecified atom stereocenters. The third kappa shape index (κ3) is 4.09. The summed E-state index contributed by atoms with van der Waals surface area (Å²) >= 11 is 0. The van der Waals surface area contributed by atoms with Crippen LogP contribution in [0.4, 0.5) is 0 Å². The minimum absolute atomic E-state index is 0.106. The van der Waals surface area contributed by atoms with E-state index in [0.29, 0.717) is 36.5 Å². The number of nitrogens with one attached hydrogen (secondary N) is 1. The highest BCUT2D eigenvalue weighted by Gasteiger charge is 2.40. The summed E-state index contributed by atoms with van der Waals surface area (Å²) in [5, 5.41) is 7.26. The van der Waals surface area contributed by atoms with Crippen molar-refractivity contribution in [2.24, 2.45) is 11.8 Å². The van der Waals surface area contributed by atoms with Crippen LogP contribution in [0.25, 0.3) is 0 Å². The topological polar surface area (TPSA) is 68.0 Å². The Morgan fingerprint density at radius 3 is 2.76 bits per heavy atom. The molecule has 2 aromatic rings. The average molecular weight is 339 g/mol. The van der Waals surface area contributed by atoms with Gasteiger partial charge in [0.05, 0.1) is 6.04 Å². The van der Waals surface area contributed by atoms with Crippen LogP contribution in [0.2, 0.25) is 0 Å². The number of rotatable bonds is 8. The van der Waals surface area contributed by atoms with Gasteiger partial charge in [0, 0.05) is 18.8 Å². The van der Waals surface area contributed by atoms with Crippen molar-refractivity contribution in [3.63, 3.8) is 0 Å². The van der Waals surface area contributed by atoms with Crippen LogP contribution < -0.4 is 5.32 Å². The summed E-state index contributed by atoms with van der Waals surface area (Å²) < 4.78 is 5.27. The Hall–Kier alpha value is -2.17. The number of aromatic nitrogens is 2. The second-order valence-electron chi connectivity index (χ2n) is 7.51. The van der Waals surface area contributed by atoms with E-state index in [9.17, 15) is 4.79 Å². The maximum atomic E-state index is 12.4. The molecule has 1 heterocycles. The summed E-state index contributed by atoms with van der Waals surface area (Å²) in [5.74, 6) is 3.35. The Labute approximate surface area is 148 Å². The highest BCUT2D eigenvalue weighted by molar-refractivity contribution is 5.76. The molecule has 0 radical (unpaired) electrons. The van der Waals surface area contributed by atoms with Crippen molar-refractivity contribution in [3.05, 3.63) is 47.6 Å². The van der Waals surface area contributed by atoms with Crippen molar-refractivity contribution >= 4 is 5.91 Å². The first-order chi connectivity index (χ1) is 12.2. The SMILES string of the molecule is C[C@@H]1C[C@@H]1[C@H](NC(=O)CCCc1nc(C2CC2)no1)c1ccccc1. The fraction of sp³-hybridized carbons (Fsp3) is 0.550. The third-order valence-electron chi connectivity index (χ3n) is 5.30. The standard InChI is InChI=1S/C20H25N3O2/c1-13-12-16(13)19(14-6-3-2-4-7-14)21-17(24)8-5-9-18-22-20(23-25-18)15-10-11-15/h2-4,6-7,13,15-16,19H,5,8-12H2,1H3,(H,21,24)/t13-,16+,19-/m1/s1. The maximum absolute atomic E-state index is 12.4. The van der Waals surface area contributed by atoms with E-state index >= 15 is 0 Å². The van der Waals surface area contributed by atoms with E-state index in [-0.39, 0.29) is 11.9 Å². The Kier molecular flexibility index (Phi) is 4.55. The van der Waals surface area contributed by atoms with Gasteiger partial charge in [-0.2, -0.15) is 4.98 Å². The molecule has 2 aliphatic carbocycles. The number of aryl methyl sites for hydroxylation is 1. The molecule has 2 saturated carbocycles. The molecule has 0 bridgehead atoms. The molecule has 0 aliphatic heterocycles. The molecule has 5 nitrogen and oxygen atoms in total. The van der Waals surface area contributed by atoms with Gasteiger partial charge in [0.15, 0.2) is 5.82 Å². The first kappa shape index (κ1) is 16.3. The zero-order valence-corrected chi connectivity index (χ0v) is 14.6. The maximum Gasteiger partial charge on any atom is 0.226 e. The lowest BCUT2D eigenvalue weighted by Crippen LogP contribution is -2.30. The zero-order chi connectivity index (χ0) is 17.2. The number of hydrogen-bond donors (Lipinski definition) is 1. The van der Waals surface area contributed by atoms with Crippen molar-refractivity contribution in [2.75, 3.05) is 0 Å². The van der Waals surface area contributed by atoms with Gasteiger partial charge in [-0.3, -0.25) is 4.79 Å². The molecule has 3 atom stereocenters. The predicted molar refractivity (Wildman–Crippen MR) is 93.8 cm³/mol. The van der Waals surface area contributed by atoms with Crippen molar-refractivity contribution in [1.29, 1.82) is 0 Å². The predicted octanol–water partition coefficient (Wildman–Crippen LogP) is 3.78. The lowest BCUT2D eigenvalue weighted by molar-refractivity contribution is -0.122. The van der Waals surface area contributed by atoms with Crippen LogP contribution in [-0.4, -0.2) is 16.0 Å². The molecule has 1 amide bonds. The van der Waals surface area contributed by atoms with E-state index in [2.05, 4.69) is 34.5 Å². The van der Waals surface area contributed by atoms with Crippen molar-refractivity contribution in [3.8, 4) is 0 Å². The van der Waals surface area contributed by atoms with Crippen LogP contribution in [0.5, 0.6) is 0 Å². The summed E-state index contributed by atoms with van der Waals surface area (Å²) in [6, 6.07) is 10.4. The van der Waals surface area contributed by atoms with Gasteiger partial charge in [-0.25, -0.2) is 0 Å². The number of nitrogens with zero attached hydrogens (tertiary/aromatic N) is 2. The fourth-order valence-electron chi connectivity index (χ4n) is 3.44. The van der Waals surface area contributed by atoms with Gasteiger partial charge >= 0.3 is 0 Å². The van der Waals surface area contributed by atoms with E-state index < -0.39 is 0 Å². The quantitative estimate of drug-likeness (QED) is 0.794. The molecule has 132 valence electrons. The van der Waals surface area contributed by atoms with Gasteiger partial charge in [0.1, 0.15) is 0 Å². The largest absolute Gasteiger partial charge is 0.349 e. The monoisotopic (exact) mass is 339 g/mol. The van der Waals surface area contributed by atoms with E-state index in [4.69, 9.17) is 4.52 Å². The normalized spacial score (nSPS) is 23.2. The second kappa shape index (κ2) is 6.98. The Bertz CT molecular complexity index is 724. The van der Waals surface area contributed by atoms with Crippen LogP contribution in [0.15, 0.2) is 34.9 Å². The van der Waals surface area contributed by atoms with Crippen LogP contribution in [0.3, 0.4) is 0 Å². The molecule has 2 aliphatic rings. The van der Waals surface area contributed by atoms with E-state index in [1.165, 1.54) is 24.8 Å². The average Bonchev–Trinajstić information content (AvgIpc) is 3.54. The third-order valence-corrected chi connectivity index (χ3v) is 5.30. The van der Waals surface area contributed by atoms with Crippen LogP contribution in [-0.2, 0) is 11.2 Å². The van der Waals surface area contributed by atoms with E-state index in [1.54, 1.807) is 0 Å². The van der Waals surface area contributed by atoms with Gasteiger partial charge in [0.25, 0.3) is 0 Å². The van der Waals surface area contributed by atoms with Gasteiger partial charge in [-0.15, -0.1) is 0 Å². The van der Waals surface area contributed by atoms with E-state index in [1.807, 2.05) is 18.2 Å². The summed E-state index contributed by atoms with van der Waals surface area (Å²) in [7, 11) is 0. The van der Waals surface area contributed by atoms with Crippen LogP contribution >= 0.6 is 0 Å². The van der Waals surface area contributed by atoms with Gasteiger partial charge in [-0.05, 0) is 43.1 Å². The van der Waals surface area contributed by atoms with Crippen molar-refractivity contribution in [1.82, 2.24) is 15.5 Å². The summed E-state index contributed by atoms with van der Waals surface area (Å²) in [4.78, 5) is 16.8. The molecule has 4 rings (SSSR count). The Morgan fingerprint density at radius 1 is 1.32 bits per heavy atom. The lowest BCUT2D eigenvalue weighted by Gasteiger charge is -2.19. The molecular formula is C20H25N3O2. The molecule has 0 spiro atoms. The number of carbonyl (C=O) groups is 1. The highest BCUT2D eigenvalue weighted by Crippen LogP contribution is 2.47. The van der Waals surface area contributed by atoms with Crippen molar-refractivity contribution in [2.45, 2.75) is 57.4 Å². The lowest BCUT2D eigenvalue weighted by atomic mass is 10.0.